The molecule has 0 radical (unpaired) electrons. The summed E-state index contributed by atoms with van der Waals surface area (Å²) in [5.74, 6) is 0. The summed E-state index contributed by atoms with van der Waals surface area (Å²) in [6.45, 7) is 12.3. The Morgan fingerprint density at radius 3 is 1.70 bits per heavy atom. The molecule has 2 aromatic rings. The van der Waals surface area contributed by atoms with Crippen molar-refractivity contribution < 1.29 is 0 Å². The number of pyridine rings is 1. The molecule has 1 heterocycles. The molecule has 0 fully saturated rings. The number of nitrogens with zero attached hydrogens (tertiary/aromatic N) is 1. The largest absolute Gasteiger partial charge is 0.318 e. The van der Waals surface area contributed by atoms with Crippen LogP contribution in [0.3, 0.4) is 0 Å². The smallest absolute Gasteiger partial charge is 0.253 e. The molecule has 1 aromatic carbocycles. The van der Waals surface area contributed by atoms with Gasteiger partial charge in [0.2, 0.25) is 0 Å². The maximum atomic E-state index is 11.7. The Hall–Kier alpha value is -1.83. The van der Waals surface area contributed by atoms with Crippen LogP contribution in [0.15, 0.2) is 29.2 Å². The molecule has 0 aliphatic carbocycles. The lowest BCUT2D eigenvalue weighted by atomic mass is 9.97. The molecule has 0 spiro atoms. The third kappa shape index (κ3) is 3.19. The molecule has 2 rings (SSSR count). The minimum Gasteiger partial charge on any atom is -0.318 e. The first-order valence-corrected chi connectivity index (χ1v) is 7.15. The average molecular weight is 271 g/mol. The predicted octanol–water partition coefficient (Wildman–Crippen LogP) is 4.31. The van der Waals surface area contributed by atoms with Crippen molar-refractivity contribution in [1.82, 2.24) is 4.57 Å². The van der Waals surface area contributed by atoms with Gasteiger partial charge in [-0.15, -0.1) is 0 Å². The highest BCUT2D eigenvalue weighted by Gasteiger charge is 2.06. The van der Waals surface area contributed by atoms with Gasteiger partial charge in [0.15, 0.2) is 0 Å². The molecule has 0 aliphatic rings. The molecule has 0 atom stereocenters. The molecule has 0 N–H and O–H groups in total. The fraction of sp³-hybridized carbons (Fsp3) is 0.389. The summed E-state index contributed by atoms with van der Waals surface area (Å²) in [6.07, 6.45) is 1.90. The summed E-state index contributed by atoms with van der Waals surface area (Å²) in [6, 6.07) is 6.33. The van der Waals surface area contributed by atoms with Crippen molar-refractivity contribution in [2.45, 2.75) is 41.5 Å². The summed E-state index contributed by atoms with van der Waals surface area (Å²) >= 11 is 0. The van der Waals surface area contributed by atoms with E-state index in [1.54, 1.807) is 11.6 Å². The molecule has 2 nitrogen and oxygen atoms in total. The zero-order valence-corrected chi connectivity index (χ0v) is 13.7. The number of aryl methyl sites for hydroxylation is 4. The minimum absolute atomic E-state index is 0.0688. The molecule has 20 heavy (non-hydrogen) atoms. The molecule has 0 unspecified atom stereocenters. The van der Waals surface area contributed by atoms with Crippen molar-refractivity contribution in [2.75, 3.05) is 0 Å². The maximum absolute atomic E-state index is 11.7. The second-order valence-electron chi connectivity index (χ2n) is 5.06. The fourth-order valence-corrected chi connectivity index (χ4v) is 2.24. The van der Waals surface area contributed by atoms with Crippen LogP contribution < -0.4 is 5.56 Å². The van der Waals surface area contributed by atoms with E-state index in [4.69, 9.17) is 0 Å². The number of hydrogen-bond donors (Lipinski definition) is 0. The summed E-state index contributed by atoms with van der Waals surface area (Å²) in [5.41, 5.74) is 7.04. The zero-order chi connectivity index (χ0) is 15.4. The third-order valence-corrected chi connectivity index (χ3v) is 3.62. The molecule has 2 heteroatoms. The second kappa shape index (κ2) is 6.56. The van der Waals surface area contributed by atoms with E-state index in [1.807, 2.05) is 33.0 Å². The molecule has 0 amide bonds. The molecule has 0 bridgehead atoms. The van der Waals surface area contributed by atoms with Crippen LogP contribution in [0.4, 0.5) is 0 Å². The van der Waals surface area contributed by atoms with Crippen LogP contribution in [0.2, 0.25) is 0 Å². The Balaban J connectivity index is 0.000000956. The summed E-state index contributed by atoms with van der Waals surface area (Å²) in [4.78, 5) is 11.7. The minimum atomic E-state index is 0.0688. The Labute approximate surface area is 122 Å². The van der Waals surface area contributed by atoms with Crippen molar-refractivity contribution in [3.8, 4) is 11.1 Å². The molecular formula is C18H25NO. The van der Waals surface area contributed by atoms with Crippen LogP contribution in [0.1, 0.15) is 36.1 Å². The van der Waals surface area contributed by atoms with Crippen LogP contribution >= 0.6 is 0 Å². The van der Waals surface area contributed by atoms with Crippen LogP contribution in [-0.2, 0) is 7.05 Å². The van der Waals surface area contributed by atoms with Crippen molar-refractivity contribution in [3.05, 3.63) is 57.0 Å². The average Bonchev–Trinajstić information content (AvgIpc) is 2.43. The van der Waals surface area contributed by atoms with Gasteiger partial charge in [-0.1, -0.05) is 26.0 Å². The monoisotopic (exact) mass is 271 g/mol. The van der Waals surface area contributed by atoms with Gasteiger partial charge in [-0.2, -0.15) is 0 Å². The lowest BCUT2D eigenvalue weighted by molar-refractivity contribution is 0.850. The molecule has 108 valence electrons. The fourth-order valence-electron chi connectivity index (χ4n) is 2.24. The van der Waals surface area contributed by atoms with Gasteiger partial charge in [-0.05, 0) is 61.6 Å². The van der Waals surface area contributed by atoms with E-state index >= 15 is 0 Å². The van der Waals surface area contributed by atoms with Gasteiger partial charge in [0.05, 0.1) is 0 Å². The van der Waals surface area contributed by atoms with Crippen molar-refractivity contribution in [2.24, 2.45) is 7.05 Å². The molecular weight excluding hydrogens is 246 g/mol. The van der Waals surface area contributed by atoms with E-state index in [0.29, 0.717) is 0 Å². The van der Waals surface area contributed by atoms with Crippen molar-refractivity contribution in [1.29, 1.82) is 0 Å². The van der Waals surface area contributed by atoms with Crippen molar-refractivity contribution in [3.63, 3.8) is 0 Å². The van der Waals surface area contributed by atoms with Gasteiger partial charge < -0.3 is 4.57 Å². The van der Waals surface area contributed by atoms with Crippen LogP contribution in [0.5, 0.6) is 0 Å². The Bertz CT molecular complexity index is 616. The molecule has 1 aromatic heterocycles. The van der Waals surface area contributed by atoms with Crippen molar-refractivity contribution >= 4 is 0 Å². The highest BCUT2D eigenvalue weighted by atomic mass is 16.1. The van der Waals surface area contributed by atoms with Crippen LogP contribution in [-0.4, -0.2) is 4.57 Å². The molecule has 0 saturated heterocycles. The first kappa shape index (κ1) is 16.2. The molecule has 0 saturated carbocycles. The lowest BCUT2D eigenvalue weighted by Gasteiger charge is -2.11. The second-order valence-corrected chi connectivity index (χ2v) is 5.06. The van der Waals surface area contributed by atoms with Gasteiger partial charge in [0.25, 0.3) is 5.56 Å². The van der Waals surface area contributed by atoms with Crippen LogP contribution in [0, 0.1) is 27.7 Å². The van der Waals surface area contributed by atoms with E-state index in [0.717, 1.165) is 11.1 Å². The maximum Gasteiger partial charge on any atom is 0.253 e. The lowest BCUT2D eigenvalue weighted by Crippen LogP contribution is -2.18. The number of hydrogen-bond acceptors (Lipinski definition) is 1. The quantitative estimate of drug-likeness (QED) is 0.757. The topological polar surface area (TPSA) is 22.0 Å². The van der Waals surface area contributed by atoms with Gasteiger partial charge in [0, 0.05) is 18.8 Å². The van der Waals surface area contributed by atoms with E-state index in [2.05, 4.69) is 32.9 Å². The summed E-state index contributed by atoms with van der Waals surface area (Å²) in [5, 5.41) is 0. The third-order valence-electron chi connectivity index (χ3n) is 3.62. The Morgan fingerprint density at radius 2 is 1.25 bits per heavy atom. The van der Waals surface area contributed by atoms with Gasteiger partial charge in [-0.25, -0.2) is 0 Å². The van der Waals surface area contributed by atoms with E-state index in [9.17, 15) is 4.79 Å². The van der Waals surface area contributed by atoms with Gasteiger partial charge >= 0.3 is 0 Å². The number of benzene rings is 1. The predicted molar refractivity (Wildman–Crippen MR) is 87.4 cm³/mol. The van der Waals surface area contributed by atoms with E-state index in [1.165, 1.54) is 22.3 Å². The number of rotatable bonds is 1. The van der Waals surface area contributed by atoms with E-state index in [-0.39, 0.29) is 5.56 Å². The number of aromatic nitrogens is 1. The Morgan fingerprint density at radius 1 is 0.800 bits per heavy atom. The molecule has 0 aliphatic heterocycles. The summed E-state index contributed by atoms with van der Waals surface area (Å²) < 4.78 is 1.65. The highest BCUT2D eigenvalue weighted by molar-refractivity contribution is 5.66. The summed E-state index contributed by atoms with van der Waals surface area (Å²) in [7, 11) is 1.80. The zero-order valence-electron chi connectivity index (χ0n) is 13.7. The highest BCUT2D eigenvalue weighted by Crippen LogP contribution is 2.24. The van der Waals surface area contributed by atoms with Gasteiger partial charge in [-0.3, -0.25) is 4.79 Å². The first-order valence-electron chi connectivity index (χ1n) is 7.15. The van der Waals surface area contributed by atoms with Crippen LogP contribution in [0.25, 0.3) is 11.1 Å². The normalized spacial score (nSPS) is 9.95. The standard InChI is InChI=1S/C16H19NO.C2H6/c1-10-6-14(7-11(2)13(10)4)15-8-12(3)16(18)17(5)9-15;1-2/h6-9H,1-5H3;1-2H3. The SMILES string of the molecule is CC.Cc1cc(-c2cc(C)c(=O)n(C)c2)cc(C)c1C. The van der Waals surface area contributed by atoms with Gasteiger partial charge in [0.1, 0.15) is 0 Å². The Kier molecular flexibility index (Phi) is 5.32. The van der Waals surface area contributed by atoms with E-state index < -0.39 is 0 Å². The first-order chi connectivity index (χ1) is 9.40.